The molecule has 2 fully saturated rings. The number of rotatable bonds is 5. The van der Waals surface area contributed by atoms with Crippen LogP contribution in [0.2, 0.25) is 0 Å². The Bertz CT molecular complexity index is 1480. The zero-order valence-corrected chi connectivity index (χ0v) is 22.7. The van der Waals surface area contributed by atoms with Gasteiger partial charge in [-0.1, -0.05) is 6.92 Å². The third kappa shape index (κ3) is 4.53. The Morgan fingerprint density at radius 3 is 2.66 bits per heavy atom. The molecule has 6 rings (SSSR count). The van der Waals surface area contributed by atoms with Crippen molar-refractivity contribution in [3.8, 4) is 11.3 Å². The largest absolute Gasteiger partial charge is 0.368 e. The van der Waals surface area contributed by atoms with Crippen LogP contribution in [0.25, 0.3) is 11.3 Å². The van der Waals surface area contributed by atoms with Crippen molar-refractivity contribution in [1.29, 1.82) is 0 Å². The minimum absolute atomic E-state index is 0.00107. The number of aromatic nitrogens is 3. The Morgan fingerprint density at radius 1 is 1.11 bits per heavy atom. The van der Waals surface area contributed by atoms with E-state index in [2.05, 4.69) is 61.5 Å². The molecule has 2 saturated heterocycles. The van der Waals surface area contributed by atoms with E-state index in [9.17, 15) is 0 Å². The maximum atomic E-state index is 15.1. The van der Waals surface area contributed by atoms with E-state index in [1.165, 1.54) is 6.20 Å². The third-order valence-electron chi connectivity index (χ3n) is 8.21. The molecular formula is C29H36FN8+. The minimum atomic E-state index is -0.450. The van der Waals surface area contributed by atoms with E-state index in [1.807, 2.05) is 31.3 Å². The van der Waals surface area contributed by atoms with E-state index in [1.54, 1.807) is 0 Å². The zero-order valence-electron chi connectivity index (χ0n) is 22.7. The molecule has 3 aliphatic rings. The Balaban J connectivity index is 1.28. The van der Waals surface area contributed by atoms with E-state index in [0.717, 1.165) is 79.5 Å². The topological polar surface area (TPSA) is 72.5 Å². The van der Waals surface area contributed by atoms with Gasteiger partial charge in [0, 0.05) is 64.5 Å². The second kappa shape index (κ2) is 9.69. The number of hydrogen-bond donors (Lipinski definition) is 1. The summed E-state index contributed by atoms with van der Waals surface area (Å²) < 4.78 is 17.5. The van der Waals surface area contributed by atoms with Crippen molar-refractivity contribution in [2.24, 2.45) is 4.99 Å². The molecule has 0 saturated carbocycles. The summed E-state index contributed by atoms with van der Waals surface area (Å²) >= 11 is 0. The van der Waals surface area contributed by atoms with Gasteiger partial charge in [0.1, 0.15) is 16.9 Å². The Labute approximate surface area is 223 Å². The number of piperazine rings is 1. The normalized spacial score (nSPS) is 20.6. The van der Waals surface area contributed by atoms with Crippen LogP contribution in [0.5, 0.6) is 0 Å². The highest BCUT2D eigenvalue weighted by Crippen LogP contribution is 2.28. The monoisotopic (exact) mass is 515 g/mol. The number of fused-ring (bicyclic) bond motifs is 2. The van der Waals surface area contributed by atoms with E-state index in [-0.39, 0.29) is 17.4 Å². The zero-order chi connectivity index (χ0) is 26.4. The number of likely N-dealkylation sites (N-methyl/N-ethyl adjacent to an activating group) is 1. The fourth-order valence-electron chi connectivity index (χ4n) is 6.09. The Morgan fingerprint density at radius 2 is 1.92 bits per heavy atom. The van der Waals surface area contributed by atoms with Gasteiger partial charge in [0.15, 0.2) is 11.4 Å². The highest BCUT2D eigenvalue weighted by Gasteiger charge is 2.43. The van der Waals surface area contributed by atoms with E-state index < -0.39 is 5.82 Å². The molecule has 1 aromatic carbocycles. The lowest BCUT2D eigenvalue weighted by atomic mass is 9.90. The van der Waals surface area contributed by atoms with Crippen molar-refractivity contribution in [2.45, 2.75) is 58.7 Å². The van der Waals surface area contributed by atoms with Gasteiger partial charge in [-0.25, -0.2) is 28.9 Å². The van der Waals surface area contributed by atoms with Gasteiger partial charge in [0.2, 0.25) is 17.5 Å². The van der Waals surface area contributed by atoms with Crippen LogP contribution in [-0.4, -0.2) is 64.3 Å². The predicted octanol–water partition coefficient (Wildman–Crippen LogP) is 3.28. The average molecular weight is 516 g/mol. The van der Waals surface area contributed by atoms with E-state index >= 15 is 4.39 Å². The summed E-state index contributed by atoms with van der Waals surface area (Å²) in [5, 5.41) is 5.24. The van der Waals surface area contributed by atoms with Gasteiger partial charge >= 0.3 is 0 Å². The summed E-state index contributed by atoms with van der Waals surface area (Å²) in [6, 6.07) is 8.01. The van der Waals surface area contributed by atoms with Gasteiger partial charge in [-0.15, -0.1) is 0 Å². The number of piperidine rings is 1. The highest BCUT2D eigenvalue weighted by atomic mass is 19.1. The van der Waals surface area contributed by atoms with Crippen molar-refractivity contribution in [2.75, 3.05) is 42.9 Å². The number of hydrogen-bond acceptors (Lipinski definition) is 7. The van der Waals surface area contributed by atoms with Crippen LogP contribution in [0.15, 0.2) is 41.7 Å². The molecule has 3 aliphatic heterocycles. The van der Waals surface area contributed by atoms with Crippen molar-refractivity contribution in [3.63, 3.8) is 0 Å². The number of nitrogens with zero attached hydrogens (tertiary/aromatic N) is 7. The molecule has 1 N–H and O–H groups in total. The number of aryl methyl sites for hydroxylation is 1. The van der Waals surface area contributed by atoms with Gasteiger partial charge in [-0.3, -0.25) is 0 Å². The fraction of sp³-hybridized carbons (Fsp3) is 0.483. The van der Waals surface area contributed by atoms with E-state index in [4.69, 9.17) is 4.99 Å². The second-order valence-electron chi connectivity index (χ2n) is 11.2. The first-order chi connectivity index (χ1) is 18.3. The predicted molar refractivity (Wildman–Crippen MR) is 148 cm³/mol. The van der Waals surface area contributed by atoms with Gasteiger partial charge < -0.3 is 15.1 Å². The first kappa shape index (κ1) is 24.9. The molecule has 2 aromatic heterocycles. The smallest absolute Gasteiger partial charge is 0.247 e. The molecule has 38 heavy (non-hydrogen) atoms. The molecule has 5 heterocycles. The van der Waals surface area contributed by atoms with Crippen LogP contribution in [0.4, 0.5) is 21.8 Å². The average Bonchev–Trinajstić information content (AvgIpc) is 3.31. The summed E-state index contributed by atoms with van der Waals surface area (Å²) in [4.78, 5) is 23.2. The van der Waals surface area contributed by atoms with Crippen molar-refractivity contribution in [3.05, 3.63) is 58.8 Å². The maximum Gasteiger partial charge on any atom is 0.247 e. The molecule has 3 aromatic rings. The lowest BCUT2D eigenvalue weighted by molar-refractivity contribution is 0.202. The van der Waals surface area contributed by atoms with Crippen molar-refractivity contribution < 1.29 is 4.39 Å². The molecule has 198 valence electrons. The Hall–Kier alpha value is -3.46. The van der Waals surface area contributed by atoms with Crippen molar-refractivity contribution in [1.82, 2.24) is 24.4 Å². The quantitative estimate of drug-likeness (QED) is 0.526. The van der Waals surface area contributed by atoms with Gasteiger partial charge in [-0.05, 0) is 43.7 Å². The van der Waals surface area contributed by atoms with Crippen LogP contribution in [0.1, 0.15) is 45.6 Å². The molecule has 0 bridgehead atoms. The molecule has 1 atom stereocenters. The molecule has 0 radical (unpaired) electrons. The third-order valence-corrected chi connectivity index (χ3v) is 8.21. The number of nitrogens with one attached hydrogen (secondary N) is 1. The SMILES string of the molecule is CCN1CCN(c2ccc(Nc3ncc(F)c(-c4cc(C)c5c(c4)=[N+]4C(CCCC4(C)C)N=5)n3)nc2)CC1. The van der Waals surface area contributed by atoms with E-state index in [0.29, 0.717) is 11.8 Å². The highest BCUT2D eigenvalue weighted by molar-refractivity contribution is 5.63. The second-order valence-corrected chi connectivity index (χ2v) is 11.2. The molecular weight excluding hydrogens is 479 g/mol. The summed E-state index contributed by atoms with van der Waals surface area (Å²) in [5.41, 5.74) is 3.14. The molecule has 0 aliphatic carbocycles. The molecule has 9 heteroatoms. The van der Waals surface area contributed by atoms with Crippen molar-refractivity contribution >= 4 is 17.5 Å². The summed E-state index contributed by atoms with van der Waals surface area (Å²) in [5.74, 6) is 0.492. The first-order valence-corrected chi connectivity index (χ1v) is 13.7. The van der Waals surface area contributed by atoms with Gasteiger partial charge in [0.05, 0.1) is 18.1 Å². The summed E-state index contributed by atoms with van der Waals surface area (Å²) in [6.07, 6.45) is 6.57. The maximum absolute atomic E-state index is 15.1. The van der Waals surface area contributed by atoms with Crippen LogP contribution in [0, 0.1) is 12.7 Å². The van der Waals surface area contributed by atoms with Gasteiger partial charge in [-0.2, -0.15) is 0 Å². The number of halogens is 1. The van der Waals surface area contributed by atoms with Crippen LogP contribution in [-0.2, 0) is 0 Å². The summed E-state index contributed by atoms with van der Waals surface area (Å²) in [6.45, 7) is 14.0. The summed E-state index contributed by atoms with van der Waals surface area (Å²) in [7, 11) is 0. The standard InChI is InChI=1S/C29H36FN8/c1-5-36-11-13-37(14-12-36)21-8-9-24(31-17-21)33-28-32-18-22(30)27(35-28)20-15-19(2)26-23(16-20)38-25(34-26)7-6-10-29(38,3)4/h8-9,15-18,25H,5-7,10-14H2,1-4H3,(H,31,32,33,35)/q+1. The molecule has 1 unspecified atom stereocenters. The molecule has 8 nitrogen and oxygen atoms in total. The first-order valence-electron chi connectivity index (χ1n) is 13.7. The fourth-order valence-corrected chi connectivity index (χ4v) is 6.09. The number of pyridine rings is 1. The van der Waals surface area contributed by atoms with Crippen LogP contribution < -0.4 is 25.5 Å². The lowest BCUT2D eigenvalue weighted by Gasteiger charge is -2.35. The Kier molecular flexibility index (Phi) is 6.34. The van der Waals surface area contributed by atoms with Crippen LogP contribution in [0.3, 0.4) is 0 Å². The molecule has 0 amide bonds. The number of anilines is 3. The minimum Gasteiger partial charge on any atom is -0.368 e. The lowest BCUT2D eigenvalue weighted by Crippen LogP contribution is -2.53. The van der Waals surface area contributed by atoms with Gasteiger partial charge in [0.25, 0.3) is 0 Å². The number of benzene rings is 1. The van der Waals surface area contributed by atoms with Crippen LogP contribution >= 0.6 is 0 Å². The molecule has 0 spiro atoms.